The summed E-state index contributed by atoms with van der Waals surface area (Å²) < 4.78 is 40.2. The third-order valence-corrected chi connectivity index (χ3v) is 4.27. The number of nitro groups is 1. The number of piperidine rings is 1. The molecule has 0 N–H and O–H groups in total. The number of halogens is 3. The lowest BCUT2D eigenvalue weighted by atomic mass is 9.97. The van der Waals surface area contributed by atoms with E-state index in [1.165, 1.54) is 12.4 Å². The molecule has 25 heavy (non-hydrogen) atoms. The molecule has 1 unspecified atom stereocenters. The third kappa shape index (κ3) is 3.89. The van der Waals surface area contributed by atoms with Crippen molar-refractivity contribution < 1.29 is 18.1 Å². The molecule has 0 spiro atoms. The van der Waals surface area contributed by atoms with Crippen molar-refractivity contribution in [3.05, 3.63) is 46.5 Å². The van der Waals surface area contributed by atoms with Gasteiger partial charge in [-0.15, -0.1) is 0 Å². The van der Waals surface area contributed by atoms with Crippen LogP contribution < -0.4 is 4.90 Å². The second kappa shape index (κ2) is 6.69. The highest BCUT2D eigenvalue weighted by Crippen LogP contribution is 2.37. The molecule has 1 aromatic heterocycles. The Balaban J connectivity index is 1.83. The Bertz CT molecular complexity index is 748. The van der Waals surface area contributed by atoms with Crippen molar-refractivity contribution in [3.63, 3.8) is 0 Å². The van der Waals surface area contributed by atoms with Gasteiger partial charge in [-0.25, -0.2) is 4.98 Å². The molecule has 0 saturated carbocycles. The smallest absolute Gasteiger partial charge is 0.366 e. The van der Waals surface area contributed by atoms with Crippen LogP contribution in [0.4, 0.5) is 24.5 Å². The first kappa shape index (κ1) is 17.2. The number of hydrogen-bond donors (Lipinski definition) is 0. The highest BCUT2D eigenvalue weighted by Gasteiger charge is 2.34. The summed E-state index contributed by atoms with van der Waals surface area (Å²) >= 11 is 0. The van der Waals surface area contributed by atoms with E-state index in [0.717, 1.165) is 18.9 Å². The molecule has 1 aromatic carbocycles. The Morgan fingerprint density at radius 3 is 2.80 bits per heavy atom. The van der Waals surface area contributed by atoms with E-state index >= 15 is 0 Å². The molecule has 0 bridgehead atoms. The fourth-order valence-corrected chi connectivity index (χ4v) is 3.14. The highest BCUT2D eigenvalue weighted by atomic mass is 19.4. The maximum atomic E-state index is 12.8. The van der Waals surface area contributed by atoms with Gasteiger partial charge in [0.1, 0.15) is 18.3 Å². The molecule has 2 aromatic rings. The van der Waals surface area contributed by atoms with E-state index in [0.29, 0.717) is 25.7 Å². The molecule has 2 heterocycles. The lowest BCUT2D eigenvalue weighted by Gasteiger charge is -2.34. The number of anilines is 1. The summed E-state index contributed by atoms with van der Waals surface area (Å²) in [5.74, 6) is 0.192. The van der Waals surface area contributed by atoms with Crippen molar-refractivity contribution >= 4 is 11.4 Å². The van der Waals surface area contributed by atoms with Gasteiger partial charge in [-0.3, -0.25) is 14.8 Å². The van der Waals surface area contributed by atoms with Crippen LogP contribution >= 0.6 is 0 Å². The van der Waals surface area contributed by atoms with Gasteiger partial charge in [-0.05, 0) is 30.9 Å². The van der Waals surface area contributed by atoms with Crippen LogP contribution in [0.15, 0.2) is 30.9 Å². The van der Waals surface area contributed by atoms with E-state index in [1.807, 2.05) is 0 Å². The normalized spacial score (nSPS) is 18.4. The first-order chi connectivity index (χ1) is 11.8. The summed E-state index contributed by atoms with van der Waals surface area (Å²) in [5, 5.41) is 15.3. The molecule has 1 aliphatic heterocycles. The van der Waals surface area contributed by atoms with Gasteiger partial charge in [-0.1, -0.05) is 0 Å². The molecule has 1 aliphatic rings. The average molecular weight is 355 g/mol. The summed E-state index contributed by atoms with van der Waals surface area (Å²) in [5.41, 5.74) is -1.31. The number of hydrogen-bond acceptors (Lipinski definition) is 5. The number of aromatic nitrogens is 3. The summed E-state index contributed by atoms with van der Waals surface area (Å²) in [7, 11) is 0. The van der Waals surface area contributed by atoms with Crippen molar-refractivity contribution in [1.82, 2.24) is 14.8 Å². The molecule has 7 nitrogen and oxygen atoms in total. The van der Waals surface area contributed by atoms with Gasteiger partial charge in [-0.2, -0.15) is 18.3 Å². The van der Waals surface area contributed by atoms with Crippen LogP contribution in [0.1, 0.15) is 18.4 Å². The van der Waals surface area contributed by atoms with Gasteiger partial charge in [0, 0.05) is 25.7 Å². The fourth-order valence-electron chi connectivity index (χ4n) is 3.14. The maximum Gasteiger partial charge on any atom is 0.416 e. The Kier molecular flexibility index (Phi) is 4.60. The summed E-state index contributed by atoms with van der Waals surface area (Å²) in [4.78, 5) is 16.2. The van der Waals surface area contributed by atoms with Crippen molar-refractivity contribution in [3.8, 4) is 0 Å². The van der Waals surface area contributed by atoms with Crippen LogP contribution in [0.25, 0.3) is 0 Å². The van der Waals surface area contributed by atoms with Crippen molar-refractivity contribution in [1.29, 1.82) is 0 Å². The zero-order valence-electron chi connectivity index (χ0n) is 13.2. The second-order valence-electron chi connectivity index (χ2n) is 6.03. The lowest BCUT2D eigenvalue weighted by Crippen LogP contribution is -2.37. The number of nitrogens with zero attached hydrogens (tertiary/aromatic N) is 5. The van der Waals surface area contributed by atoms with Gasteiger partial charge < -0.3 is 4.90 Å². The summed E-state index contributed by atoms with van der Waals surface area (Å²) in [6.07, 6.45) is 0.143. The molecule has 134 valence electrons. The number of benzene rings is 1. The Labute approximate surface area is 141 Å². The van der Waals surface area contributed by atoms with E-state index < -0.39 is 22.4 Å². The van der Waals surface area contributed by atoms with Gasteiger partial charge in [0.05, 0.1) is 10.5 Å². The van der Waals surface area contributed by atoms with Crippen molar-refractivity contribution in [2.24, 2.45) is 5.92 Å². The first-order valence-electron chi connectivity index (χ1n) is 7.77. The molecule has 1 atom stereocenters. The van der Waals surface area contributed by atoms with Crippen LogP contribution in [0.5, 0.6) is 0 Å². The SMILES string of the molecule is O=[N+]([O-])c1cc(C(F)(F)F)ccc1N1CCCC(Cn2cncn2)C1. The minimum Gasteiger partial charge on any atom is -0.366 e. The first-order valence-corrected chi connectivity index (χ1v) is 7.77. The number of alkyl halides is 3. The van der Waals surface area contributed by atoms with E-state index in [-0.39, 0.29) is 11.6 Å². The molecular weight excluding hydrogens is 339 g/mol. The Morgan fingerprint density at radius 2 is 2.16 bits per heavy atom. The predicted octanol–water partition coefficient (Wildman–Crippen LogP) is 3.12. The highest BCUT2D eigenvalue weighted by molar-refractivity contribution is 5.65. The zero-order chi connectivity index (χ0) is 18.0. The third-order valence-electron chi connectivity index (χ3n) is 4.27. The minimum atomic E-state index is -4.61. The topological polar surface area (TPSA) is 77.1 Å². The maximum absolute atomic E-state index is 12.8. The van der Waals surface area contributed by atoms with Crippen molar-refractivity contribution in [2.45, 2.75) is 25.6 Å². The summed E-state index contributed by atoms with van der Waals surface area (Å²) in [6, 6.07) is 2.69. The molecule has 10 heteroatoms. The predicted molar refractivity (Wildman–Crippen MR) is 83.1 cm³/mol. The number of nitro benzene ring substituents is 1. The van der Waals surface area contributed by atoms with Crippen LogP contribution in [0, 0.1) is 16.0 Å². The van der Waals surface area contributed by atoms with E-state index in [1.54, 1.807) is 15.9 Å². The van der Waals surface area contributed by atoms with Crippen LogP contribution in [0.3, 0.4) is 0 Å². The van der Waals surface area contributed by atoms with Gasteiger partial charge in [0.2, 0.25) is 0 Å². The van der Waals surface area contributed by atoms with Crippen LogP contribution in [-0.2, 0) is 12.7 Å². The second-order valence-corrected chi connectivity index (χ2v) is 6.03. The van der Waals surface area contributed by atoms with Gasteiger partial charge in [0.15, 0.2) is 0 Å². The van der Waals surface area contributed by atoms with E-state index in [4.69, 9.17) is 0 Å². The van der Waals surface area contributed by atoms with Crippen LogP contribution in [-0.4, -0.2) is 32.8 Å². The molecule has 0 aliphatic carbocycles. The molecule has 1 fully saturated rings. The van der Waals surface area contributed by atoms with E-state index in [2.05, 4.69) is 10.1 Å². The van der Waals surface area contributed by atoms with Gasteiger partial charge >= 0.3 is 6.18 Å². The molecule has 0 amide bonds. The molecule has 1 saturated heterocycles. The van der Waals surface area contributed by atoms with Crippen LogP contribution in [0.2, 0.25) is 0 Å². The average Bonchev–Trinajstić information content (AvgIpc) is 3.06. The molecule has 3 rings (SSSR count). The quantitative estimate of drug-likeness (QED) is 0.622. The molecule has 0 radical (unpaired) electrons. The zero-order valence-corrected chi connectivity index (χ0v) is 13.2. The molecular formula is C15H16F3N5O2. The monoisotopic (exact) mass is 355 g/mol. The Hall–Kier alpha value is -2.65. The van der Waals surface area contributed by atoms with E-state index in [9.17, 15) is 23.3 Å². The number of rotatable bonds is 4. The van der Waals surface area contributed by atoms with Crippen molar-refractivity contribution in [2.75, 3.05) is 18.0 Å². The standard InChI is InChI=1S/C15H16F3N5O2/c16-15(17,18)12-3-4-13(14(6-12)23(24)25)21-5-1-2-11(7-21)8-22-10-19-9-20-22/h3-4,6,9-11H,1-2,5,7-8H2. The summed E-state index contributed by atoms with van der Waals surface area (Å²) in [6.45, 7) is 1.71. The van der Waals surface area contributed by atoms with Gasteiger partial charge in [0.25, 0.3) is 5.69 Å². The minimum absolute atomic E-state index is 0.192. The Morgan fingerprint density at radius 1 is 1.36 bits per heavy atom. The lowest BCUT2D eigenvalue weighted by molar-refractivity contribution is -0.384. The largest absolute Gasteiger partial charge is 0.416 e. The fraction of sp³-hybridized carbons (Fsp3) is 0.467.